The van der Waals surface area contributed by atoms with E-state index in [0.29, 0.717) is 18.1 Å². The number of rotatable bonds is 6. The van der Waals surface area contributed by atoms with E-state index in [4.69, 9.17) is 11.2 Å². The predicted molar refractivity (Wildman–Crippen MR) is 117 cm³/mol. The zero-order chi connectivity index (χ0) is 20.8. The van der Waals surface area contributed by atoms with Gasteiger partial charge in [0.05, 0.1) is 5.52 Å². The number of terminal acetylenes is 1. The Morgan fingerprint density at radius 2 is 1.73 bits per heavy atom. The second-order valence-corrected chi connectivity index (χ2v) is 6.48. The summed E-state index contributed by atoms with van der Waals surface area (Å²) in [4.78, 5) is 20.1. The Bertz CT molecular complexity index is 1220. The lowest BCUT2D eigenvalue weighted by Gasteiger charge is -2.11. The van der Waals surface area contributed by atoms with E-state index in [1.165, 1.54) is 6.33 Å². The predicted octanol–water partition coefficient (Wildman–Crippen LogP) is 4.52. The molecule has 146 valence electrons. The van der Waals surface area contributed by atoms with Gasteiger partial charge in [-0.25, -0.2) is 9.97 Å². The van der Waals surface area contributed by atoms with Crippen LogP contribution in [-0.4, -0.2) is 15.9 Å². The molecule has 0 atom stereocenters. The molecule has 0 aliphatic rings. The van der Waals surface area contributed by atoms with Gasteiger partial charge in [-0.2, -0.15) is 0 Å². The number of fused-ring (bicyclic) bond motifs is 1. The number of carbonyl (C=O) groups is 1. The third kappa shape index (κ3) is 4.54. The summed E-state index contributed by atoms with van der Waals surface area (Å²) in [6, 6.07) is 22.9. The Hall–Kier alpha value is -4.37. The lowest BCUT2D eigenvalue weighted by Crippen LogP contribution is -2.08. The molecule has 4 aromatic rings. The van der Waals surface area contributed by atoms with Crippen molar-refractivity contribution in [2.45, 2.75) is 6.61 Å². The molecule has 0 fully saturated rings. The van der Waals surface area contributed by atoms with Crippen molar-refractivity contribution in [3.63, 3.8) is 0 Å². The SMILES string of the molecule is C#CC(=O)Nc1ccc2ncnc(Nc3ccc(OCc4ccccc4)cc3)c2c1. The number of ether oxygens (including phenoxy) is 1. The molecule has 1 heterocycles. The average Bonchev–Trinajstić information content (AvgIpc) is 2.79. The summed E-state index contributed by atoms with van der Waals surface area (Å²) in [6.07, 6.45) is 6.61. The largest absolute Gasteiger partial charge is 0.489 e. The van der Waals surface area contributed by atoms with Crippen molar-refractivity contribution in [3.8, 4) is 18.1 Å². The van der Waals surface area contributed by atoms with Gasteiger partial charge in [-0.15, -0.1) is 6.42 Å². The molecule has 0 saturated carbocycles. The highest BCUT2D eigenvalue weighted by molar-refractivity contribution is 6.05. The summed E-state index contributed by atoms with van der Waals surface area (Å²) in [6.45, 7) is 0.510. The van der Waals surface area contributed by atoms with Crippen LogP contribution in [0.4, 0.5) is 17.2 Å². The van der Waals surface area contributed by atoms with Crippen LogP contribution in [0.15, 0.2) is 79.1 Å². The topological polar surface area (TPSA) is 76.1 Å². The molecule has 0 bridgehead atoms. The number of nitrogens with one attached hydrogen (secondary N) is 2. The highest BCUT2D eigenvalue weighted by Crippen LogP contribution is 2.27. The molecule has 0 spiro atoms. The van der Waals surface area contributed by atoms with E-state index in [0.717, 1.165) is 27.9 Å². The monoisotopic (exact) mass is 394 g/mol. The molecule has 1 aromatic heterocycles. The normalized spacial score (nSPS) is 10.2. The first-order valence-corrected chi connectivity index (χ1v) is 9.27. The Morgan fingerprint density at radius 1 is 0.967 bits per heavy atom. The number of aromatic nitrogens is 2. The molecule has 0 radical (unpaired) electrons. The van der Waals surface area contributed by atoms with E-state index in [1.807, 2.05) is 60.5 Å². The number of anilines is 3. The average molecular weight is 394 g/mol. The highest BCUT2D eigenvalue weighted by Gasteiger charge is 2.07. The van der Waals surface area contributed by atoms with Gasteiger partial charge in [0.1, 0.15) is 24.5 Å². The van der Waals surface area contributed by atoms with E-state index >= 15 is 0 Å². The quantitative estimate of drug-likeness (QED) is 0.470. The first kappa shape index (κ1) is 19.0. The maximum Gasteiger partial charge on any atom is 0.300 e. The number of hydrogen-bond acceptors (Lipinski definition) is 5. The molecule has 1 amide bonds. The Balaban J connectivity index is 1.50. The molecule has 2 N–H and O–H groups in total. The lowest BCUT2D eigenvalue weighted by molar-refractivity contribution is -0.111. The fraction of sp³-hybridized carbons (Fsp3) is 0.0417. The second-order valence-electron chi connectivity index (χ2n) is 6.48. The van der Waals surface area contributed by atoms with Crippen LogP contribution in [0.5, 0.6) is 5.75 Å². The molecule has 4 rings (SSSR count). The summed E-state index contributed by atoms with van der Waals surface area (Å²) in [5.41, 5.74) is 3.28. The van der Waals surface area contributed by atoms with Crippen molar-refractivity contribution >= 4 is 34.0 Å². The molecule has 0 aliphatic heterocycles. The smallest absolute Gasteiger partial charge is 0.300 e. The summed E-state index contributed by atoms with van der Waals surface area (Å²) < 4.78 is 5.82. The van der Waals surface area contributed by atoms with Gasteiger partial charge in [0.25, 0.3) is 5.91 Å². The number of hydrogen-bond donors (Lipinski definition) is 2. The van der Waals surface area contributed by atoms with Crippen LogP contribution in [0.1, 0.15) is 5.56 Å². The van der Waals surface area contributed by atoms with Crippen LogP contribution >= 0.6 is 0 Å². The van der Waals surface area contributed by atoms with Gasteiger partial charge < -0.3 is 15.4 Å². The first-order valence-electron chi connectivity index (χ1n) is 9.27. The summed E-state index contributed by atoms with van der Waals surface area (Å²) in [5.74, 6) is 2.92. The van der Waals surface area contributed by atoms with Gasteiger partial charge in [-0.1, -0.05) is 30.3 Å². The molecule has 0 aliphatic carbocycles. The van der Waals surface area contributed by atoms with Gasteiger partial charge in [0.2, 0.25) is 0 Å². The summed E-state index contributed by atoms with van der Waals surface area (Å²) in [5, 5.41) is 6.68. The van der Waals surface area contributed by atoms with E-state index in [1.54, 1.807) is 18.2 Å². The maximum absolute atomic E-state index is 11.5. The van der Waals surface area contributed by atoms with Crippen molar-refractivity contribution in [2.24, 2.45) is 0 Å². The Morgan fingerprint density at radius 3 is 2.50 bits per heavy atom. The maximum atomic E-state index is 11.5. The van der Waals surface area contributed by atoms with Crippen molar-refractivity contribution in [1.29, 1.82) is 0 Å². The zero-order valence-electron chi connectivity index (χ0n) is 16.0. The van der Waals surface area contributed by atoms with Crippen molar-refractivity contribution in [2.75, 3.05) is 10.6 Å². The summed E-state index contributed by atoms with van der Waals surface area (Å²) in [7, 11) is 0. The van der Waals surface area contributed by atoms with Crippen molar-refractivity contribution in [1.82, 2.24) is 9.97 Å². The van der Waals surface area contributed by atoms with Gasteiger partial charge >= 0.3 is 0 Å². The minimum atomic E-state index is -0.508. The second kappa shape index (κ2) is 8.76. The Kier molecular flexibility index (Phi) is 5.54. The molecule has 0 unspecified atom stereocenters. The van der Waals surface area contributed by atoms with Gasteiger partial charge in [-0.05, 0) is 53.9 Å². The highest BCUT2D eigenvalue weighted by atomic mass is 16.5. The molecule has 30 heavy (non-hydrogen) atoms. The van der Waals surface area contributed by atoms with Crippen LogP contribution < -0.4 is 15.4 Å². The fourth-order valence-corrected chi connectivity index (χ4v) is 2.91. The van der Waals surface area contributed by atoms with Crippen molar-refractivity contribution in [3.05, 3.63) is 84.7 Å². The Labute approximate surface area is 174 Å². The first-order chi connectivity index (χ1) is 14.7. The van der Waals surface area contributed by atoms with Gasteiger partial charge in [0.15, 0.2) is 0 Å². The standard InChI is InChI=1S/C24H18N4O2/c1-2-23(29)27-19-10-13-22-21(14-19)24(26-16-25-22)28-18-8-11-20(12-9-18)30-15-17-6-4-3-5-7-17/h1,3-14,16H,15H2,(H,27,29)(H,25,26,28). The zero-order valence-corrected chi connectivity index (χ0v) is 16.0. The summed E-state index contributed by atoms with van der Waals surface area (Å²) >= 11 is 0. The molecule has 3 aromatic carbocycles. The van der Waals surface area contributed by atoms with Crippen molar-refractivity contribution < 1.29 is 9.53 Å². The molecular formula is C24H18N4O2. The van der Waals surface area contributed by atoms with Gasteiger partial charge in [0, 0.05) is 16.8 Å². The van der Waals surface area contributed by atoms with Crippen LogP contribution in [0.2, 0.25) is 0 Å². The third-order valence-corrected chi connectivity index (χ3v) is 4.39. The number of benzene rings is 3. The van der Waals surface area contributed by atoms with E-state index in [-0.39, 0.29) is 0 Å². The number of amides is 1. The minimum Gasteiger partial charge on any atom is -0.489 e. The van der Waals surface area contributed by atoms with Crippen LogP contribution in [0, 0.1) is 12.3 Å². The molecule has 6 nitrogen and oxygen atoms in total. The van der Waals surface area contributed by atoms with Crippen LogP contribution in [-0.2, 0) is 11.4 Å². The third-order valence-electron chi connectivity index (χ3n) is 4.39. The lowest BCUT2D eigenvalue weighted by atomic mass is 10.2. The minimum absolute atomic E-state index is 0.508. The van der Waals surface area contributed by atoms with E-state index < -0.39 is 5.91 Å². The molecular weight excluding hydrogens is 376 g/mol. The van der Waals surface area contributed by atoms with Crippen LogP contribution in [0.25, 0.3) is 10.9 Å². The fourth-order valence-electron chi connectivity index (χ4n) is 2.91. The number of carbonyl (C=O) groups excluding carboxylic acids is 1. The molecule has 6 heteroatoms. The van der Waals surface area contributed by atoms with E-state index in [9.17, 15) is 4.79 Å². The van der Waals surface area contributed by atoms with E-state index in [2.05, 4.69) is 20.6 Å². The number of nitrogens with zero attached hydrogens (tertiary/aromatic N) is 2. The van der Waals surface area contributed by atoms with Gasteiger partial charge in [-0.3, -0.25) is 4.79 Å². The van der Waals surface area contributed by atoms with Crippen LogP contribution in [0.3, 0.4) is 0 Å². The molecule has 0 saturated heterocycles.